The van der Waals surface area contributed by atoms with E-state index in [0.717, 1.165) is 44.8 Å². The fraction of sp³-hybridized carbons (Fsp3) is 0.381. The fourth-order valence-corrected chi connectivity index (χ4v) is 3.05. The Hall–Kier alpha value is -2.33. The topological polar surface area (TPSA) is 41.6 Å². The summed E-state index contributed by atoms with van der Waals surface area (Å²) >= 11 is 0. The molecule has 0 aromatic heterocycles. The van der Waals surface area contributed by atoms with E-state index in [9.17, 15) is 4.79 Å². The summed E-state index contributed by atoms with van der Waals surface area (Å²) in [6.45, 7) is 5.40. The lowest BCUT2D eigenvalue weighted by Gasteiger charge is -2.28. The number of morpholine rings is 1. The van der Waals surface area contributed by atoms with E-state index in [1.54, 1.807) is 0 Å². The molecule has 0 unspecified atom stereocenters. The summed E-state index contributed by atoms with van der Waals surface area (Å²) in [5.41, 5.74) is 3.17. The van der Waals surface area contributed by atoms with Gasteiger partial charge in [0.2, 0.25) is 0 Å². The quantitative estimate of drug-likeness (QED) is 0.879. The Morgan fingerprint density at radius 1 is 1.08 bits per heavy atom. The zero-order valence-corrected chi connectivity index (χ0v) is 14.8. The van der Waals surface area contributed by atoms with Gasteiger partial charge in [0.15, 0.2) is 0 Å². The molecule has 0 radical (unpaired) electrons. The first-order chi connectivity index (χ1) is 12.2. The van der Waals surface area contributed by atoms with Crippen LogP contribution < -0.4 is 10.2 Å². The standard InChI is InChI=1S/C21H26N2O2/c1-17(7-8-18-5-3-2-4-6-18)22-21(24)19-9-11-20(12-10-19)23-13-15-25-16-14-23/h2-6,9-12,17H,7-8,13-16H2,1H3,(H,22,24)/t17-/m1/s1. The van der Waals surface area contributed by atoms with Gasteiger partial charge in [-0.1, -0.05) is 30.3 Å². The molecule has 1 amide bonds. The zero-order chi connectivity index (χ0) is 17.5. The largest absolute Gasteiger partial charge is 0.378 e. The minimum absolute atomic E-state index is 0.00547. The second-order valence-electron chi connectivity index (χ2n) is 6.55. The Morgan fingerprint density at radius 2 is 1.76 bits per heavy atom. The molecule has 2 aromatic carbocycles. The number of ether oxygens (including phenoxy) is 1. The Bertz CT molecular complexity index is 664. The summed E-state index contributed by atoms with van der Waals surface area (Å²) in [6.07, 6.45) is 1.90. The molecule has 1 N–H and O–H groups in total. The number of hydrogen-bond acceptors (Lipinski definition) is 3. The number of amides is 1. The summed E-state index contributed by atoms with van der Waals surface area (Å²) in [7, 11) is 0. The second-order valence-corrected chi connectivity index (χ2v) is 6.55. The van der Waals surface area contributed by atoms with Crippen molar-refractivity contribution in [3.8, 4) is 0 Å². The third-order valence-electron chi connectivity index (χ3n) is 4.59. The van der Waals surface area contributed by atoms with E-state index < -0.39 is 0 Å². The lowest BCUT2D eigenvalue weighted by atomic mass is 10.1. The minimum Gasteiger partial charge on any atom is -0.378 e. The van der Waals surface area contributed by atoms with Gasteiger partial charge in [0.1, 0.15) is 0 Å². The van der Waals surface area contributed by atoms with E-state index in [1.165, 1.54) is 5.56 Å². The predicted molar refractivity (Wildman–Crippen MR) is 101 cm³/mol. The maximum absolute atomic E-state index is 12.4. The number of benzene rings is 2. The number of carbonyl (C=O) groups excluding carboxylic acids is 1. The van der Waals surface area contributed by atoms with E-state index in [4.69, 9.17) is 4.74 Å². The van der Waals surface area contributed by atoms with Gasteiger partial charge in [-0.05, 0) is 49.6 Å². The Balaban J connectivity index is 1.50. The van der Waals surface area contributed by atoms with E-state index in [0.29, 0.717) is 5.56 Å². The molecule has 1 fully saturated rings. The maximum Gasteiger partial charge on any atom is 0.251 e. The number of rotatable bonds is 6. The average Bonchev–Trinajstić information content (AvgIpc) is 2.68. The van der Waals surface area contributed by atoms with E-state index >= 15 is 0 Å². The monoisotopic (exact) mass is 338 g/mol. The van der Waals surface area contributed by atoms with Gasteiger partial charge < -0.3 is 15.0 Å². The molecule has 1 atom stereocenters. The van der Waals surface area contributed by atoms with Crippen LogP contribution >= 0.6 is 0 Å². The highest BCUT2D eigenvalue weighted by atomic mass is 16.5. The number of anilines is 1. The first kappa shape index (κ1) is 17.5. The van der Waals surface area contributed by atoms with Crippen LogP contribution in [0.3, 0.4) is 0 Å². The molecule has 4 heteroatoms. The number of nitrogens with zero attached hydrogens (tertiary/aromatic N) is 1. The van der Waals surface area contributed by atoms with Crippen LogP contribution in [0, 0.1) is 0 Å². The van der Waals surface area contributed by atoms with Crippen molar-refractivity contribution in [2.45, 2.75) is 25.8 Å². The molecular formula is C21H26N2O2. The molecule has 1 saturated heterocycles. The van der Waals surface area contributed by atoms with Gasteiger partial charge in [-0.3, -0.25) is 4.79 Å². The van der Waals surface area contributed by atoms with E-state index in [-0.39, 0.29) is 11.9 Å². The Morgan fingerprint density at radius 3 is 2.44 bits per heavy atom. The Kier molecular flexibility index (Phi) is 6.07. The predicted octanol–water partition coefficient (Wildman–Crippen LogP) is 3.27. The lowest BCUT2D eigenvalue weighted by Crippen LogP contribution is -2.36. The van der Waals surface area contributed by atoms with Gasteiger partial charge >= 0.3 is 0 Å². The van der Waals surface area contributed by atoms with Gasteiger partial charge in [0.25, 0.3) is 5.91 Å². The van der Waals surface area contributed by atoms with Crippen LogP contribution in [0.4, 0.5) is 5.69 Å². The molecule has 25 heavy (non-hydrogen) atoms. The van der Waals surface area contributed by atoms with Crippen LogP contribution in [-0.2, 0) is 11.2 Å². The highest BCUT2D eigenvalue weighted by molar-refractivity contribution is 5.94. The first-order valence-electron chi connectivity index (χ1n) is 9.00. The van der Waals surface area contributed by atoms with Gasteiger partial charge in [0, 0.05) is 30.4 Å². The molecule has 0 aliphatic carbocycles. The summed E-state index contributed by atoms with van der Waals surface area (Å²) < 4.78 is 5.38. The summed E-state index contributed by atoms with van der Waals surface area (Å²) in [5, 5.41) is 3.09. The van der Waals surface area contributed by atoms with Gasteiger partial charge in [-0.2, -0.15) is 0 Å². The van der Waals surface area contributed by atoms with Crippen LogP contribution in [0.1, 0.15) is 29.3 Å². The highest BCUT2D eigenvalue weighted by Gasteiger charge is 2.13. The number of nitrogens with one attached hydrogen (secondary N) is 1. The van der Waals surface area contributed by atoms with Gasteiger partial charge in [0.05, 0.1) is 13.2 Å². The van der Waals surface area contributed by atoms with Crippen molar-refractivity contribution in [1.29, 1.82) is 0 Å². The fourth-order valence-electron chi connectivity index (χ4n) is 3.05. The first-order valence-corrected chi connectivity index (χ1v) is 9.00. The third-order valence-corrected chi connectivity index (χ3v) is 4.59. The van der Waals surface area contributed by atoms with Crippen molar-refractivity contribution in [1.82, 2.24) is 5.32 Å². The third kappa shape index (κ3) is 5.07. The normalized spacial score (nSPS) is 15.6. The van der Waals surface area contributed by atoms with Crippen molar-refractivity contribution in [3.05, 3.63) is 65.7 Å². The molecule has 3 rings (SSSR count). The highest BCUT2D eigenvalue weighted by Crippen LogP contribution is 2.17. The van der Waals surface area contributed by atoms with Crippen LogP contribution in [0.2, 0.25) is 0 Å². The molecular weight excluding hydrogens is 312 g/mol. The van der Waals surface area contributed by atoms with Crippen LogP contribution in [-0.4, -0.2) is 38.3 Å². The molecule has 2 aromatic rings. The van der Waals surface area contributed by atoms with Crippen LogP contribution in [0.25, 0.3) is 0 Å². The molecule has 0 bridgehead atoms. The molecule has 1 aliphatic rings. The average molecular weight is 338 g/mol. The van der Waals surface area contributed by atoms with Crippen molar-refractivity contribution >= 4 is 11.6 Å². The molecule has 0 saturated carbocycles. The smallest absolute Gasteiger partial charge is 0.251 e. The van der Waals surface area contributed by atoms with E-state index in [1.807, 2.05) is 30.3 Å². The van der Waals surface area contributed by atoms with Gasteiger partial charge in [-0.25, -0.2) is 0 Å². The maximum atomic E-state index is 12.4. The SMILES string of the molecule is C[C@H](CCc1ccccc1)NC(=O)c1ccc(N2CCOCC2)cc1. The summed E-state index contributed by atoms with van der Waals surface area (Å²) in [4.78, 5) is 14.7. The molecule has 1 aliphatic heterocycles. The van der Waals surface area contributed by atoms with Crippen molar-refractivity contribution < 1.29 is 9.53 Å². The van der Waals surface area contributed by atoms with Crippen molar-refractivity contribution in [2.75, 3.05) is 31.2 Å². The molecule has 0 spiro atoms. The lowest BCUT2D eigenvalue weighted by molar-refractivity contribution is 0.0938. The van der Waals surface area contributed by atoms with Crippen molar-refractivity contribution in [2.24, 2.45) is 0 Å². The van der Waals surface area contributed by atoms with Crippen LogP contribution in [0.15, 0.2) is 54.6 Å². The number of carbonyl (C=O) groups is 1. The summed E-state index contributed by atoms with van der Waals surface area (Å²) in [6, 6.07) is 18.4. The number of aryl methyl sites for hydroxylation is 1. The van der Waals surface area contributed by atoms with Crippen LogP contribution in [0.5, 0.6) is 0 Å². The molecule has 132 valence electrons. The second kappa shape index (κ2) is 8.67. The zero-order valence-electron chi connectivity index (χ0n) is 14.8. The number of hydrogen-bond donors (Lipinski definition) is 1. The van der Waals surface area contributed by atoms with E-state index in [2.05, 4.69) is 41.4 Å². The van der Waals surface area contributed by atoms with Crippen molar-refractivity contribution in [3.63, 3.8) is 0 Å². The molecule has 4 nitrogen and oxygen atoms in total. The van der Waals surface area contributed by atoms with Gasteiger partial charge in [-0.15, -0.1) is 0 Å². The molecule has 1 heterocycles. The Labute approximate surface area is 149 Å². The summed E-state index contributed by atoms with van der Waals surface area (Å²) in [5.74, 6) is -0.00547. The minimum atomic E-state index is -0.00547.